The third-order valence-corrected chi connectivity index (χ3v) is 2.83. The van der Waals surface area contributed by atoms with Crippen LogP contribution < -0.4 is 5.32 Å². The first-order chi connectivity index (χ1) is 9.99. The minimum Gasteiger partial charge on any atom is -0.464 e. The Morgan fingerprint density at radius 1 is 1.48 bits per heavy atom. The van der Waals surface area contributed by atoms with Gasteiger partial charge in [-0.1, -0.05) is 23.4 Å². The van der Waals surface area contributed by atoms with Gasteiger partial charge in [0.05, 0.1) is 11.6 Å². The summed E-state index contributed by atoms with van der Waals surface area (Å²) in [6.07, 6.45) is 0. The Morgan fingerprint density at radius 2 is 2.19 bits per heavy atom. The summed E-state index contributed by atoms with van der Waals surface area (Å²) in [6, 6.07) is 3.83. The van der Waals surface area contributed by atoms with Gasteiger partial charge in [0.1, 0.15) is 12.6 Å². The van der Waals surface area contributed by atoms with Crippen LogP contribution in [0.25, 0.3) is 0 Å². The molecule has 0 aromatic heterocycles. The molecule has 2 N–H and O–H groups in total. The van der Waals surface area contributed by atoms with Gasteiger partial charge >= 0.3 is 5.97 Å². The molecule has 1 aromatic rings. The number of ether oxygens (including phenoxy) is 1. The number of halogens is 1. The molecule has 1 rings (SSSR count). The number of rotatable bonds is 4. The molecule has 0 spiro atoms. The van der Waals surface area contributed by atoms with E-state index in [4.69, 9.17) is 21.4 Å². The van der Waals surface area contributed by atoms with E-state index < -0.39 is 17.9 Å². The third-order valence-electron chi connectivity index (χ3n) is 2.52. The zero-order valence-electron chi connectivity index (χ0n) is 11.8. The van der Waals surface area contributed by atoms with Crippen LogP contribution in [0.5, 0.6) is 0 Å². The van der Waals surface area contributed by atoms with Crippen molar-refractivity contribution < 1.29 is 19.4 Å². The van der Waals surface area contributed by atoms with Gasteiger partial charge in [-0.25, -0.2) is 4.79 Å². The number of amides is 1. The van der Waals surface area contributed by atoms with Crippen molar-refractivity contribution in [2.24, 2.45) is 0 Å². The molecule has 0 aliphatic carbocycles. The highest BCUT2D eigenvalue weighted by atomic mass is 35.5. The number of aliphatic hydroxyl groups is 1. The van der Waals surface area contributed by atoms with Gasteiger partial charge in [-0.2, -0.15) is 0 Å². The maximum absolute atomic E-state index is 12.0. The molecule has 0 radical (unpaired) electrons. The van der Waals surface area contributed by atoms with E-state index in [1.807, 2.05) is 0 Å². The van der Waals surface area contributed by atoms with Gasteiger partial charge in [0, 0.05) is 11.1 Å². The smallest absolute Gasteiger partial charge is 0.328 e. The largest absolute Gasteiger partial charge is 0.464 e. The second-order valence-corrected chi connectivity index (χ2v) is 4.51. The van der Waals surface area contributed by atoms with Crippen molar-refractivity contribution in [2.45, 2.75) is 19.9 Å². The van der Waals surface area contributed by atoms with E-state index in [1.54, 1.807) is 26.0 Å². The van der Waals surface area contributed by atoms with Crippen LogP contribution in [0.1, 0.15) is 29.8 Å². The van der Waals surface area contributed by atoms with E-state index >= 15 is 0 Å². The molecular weight excluding hydrogens is 294 g/mol. The normalized spacial score (nSPS) is 11.0. The molecule has 21 heavy (non-hydrogen) atoms. The van der Waals surface area contributed by atoms with Crippen molar-refractivity contribution >= 4 is 23.5 Å². The van der Waals surface area contributed by atoms with E-state index in [1.165, 1.54) is 6.07 Å². The molecular formula is C15H16ClNO4. The van der Waals surface area contributed by atoms with Crippen molar-refractivity contribution in [2.75, 3.05) is 13.2 Å². The van der Waals surface area contributed by atoms with Crippen LogP contribution in [0.3, 0.4) is 0 Å². The fourth-order valence-electron chi connectivity index (χ4n) is 1.50. The van der Waals surface area contributed by atoms with Crippen LogP contribution >= 0.6 is 11.6 Å². The minimum absolute atomic E-state index is 0.253. The molecule has 0 fully saturated rings. The Labute approximate surface area is 128 Å². The zero-order valence-corrected chi connectivity index (χ0v) is 12.5. The summed E-state index contributed by atoms with van der Waals surface area (Å²) in [4.78, 5) is 23.4. The van der Waals surface area contributed by atoms with Gasteiger partial charge in [0.2, 0.25) is 0 Å². The van der Waals surface area contributed by atoms with E-state index in [-0.39, 0.29) is 13.2 Å². The second-order valence-electron chi connectivity index (χ2n) is 4.10. The van der Waals surface area contributed by atoms with E-state index in [2.05, 4.69) is 17.2 Å². The lowest BCUT2D eigenvalue weighted by molar-refractivity contribution is -0.144. The number of nitrogens with one attached hydrogen (secondary N) is 1. The summed E-state index contributed by atoms with van der Waals surface area (Å²) >= 11 is 6.00. The molecule has 6 heteroatoms. The molecule has 1 unspecified atom stereocenters. The standard InChI is InChI=1S/C15H16ClNO4/c1-3-21-15(20)10(2)17-14(19)12-7-6-11(5-4-8-18)13(16)9-12/h6-7,9-10,18H,3,8H2,1-2H3,(H,17,19). The monoisotopic (exact) mass is 309 g/mol. The van der Waals surface area contributed by atoms with Gasteiger partial charge in [0.25, 0.3) is 5.91 Å². The third kappa shape index (κ3) is 5.10. The van der Waals surface area contributed by atoms with Gasteiger partial charge < -0.3 is 15.2 Å². The fourth-order valence-corrected chi connectivity index (χ4v) is 1.73. The Hall–Kier alpha value is -2.03. The lowest BCUT2D eigenvalue weighted by Gasteiger charge is -2.12. The SMILES string of the molecule is CCOC(=O)C(C)NC(=O)c1ccc(C#CCO)c(Cl)c1. The number of carbonyl (C=O) groups excluding carboxylic acids is 2. The molecule has 1 atom stereocenters. The number of carbonyl (C=O) groups is 2. The topological polar surface area (TPSA) is 75.6 Å². The zero-order chi connectivity index (χ0) is 15.8. The number of esters is 1. The predicted molar refractivity (Wildman–Crippen MR) is 79.0 cm³/mol. The van der Waals surface area contributed by atoms with E-state index in [0.717, 1.165) is 0 Å². The molecule has 0 aliphatic rings. The molecule has 0 aliphatic heterocycles. The average molecular weight is 310 g/mol. The average Bonchev–Trinajstić information content (AvgIpc) is 2.46. The van der Waals surface area contributed by atoms with E-state index in [0.29, 0.717) is 16.1 Å². The van der Waals surface area contributed by atoms with Crippen molar-refractivity contribution in [1.29, 1.82) is 0 Å². The molecule has 0 saturated carbocycles. The molecule has 0 bridgehead atoms. The first-order valence-electron chi connectivity index (χ1n) is 6.36. The van der Waals surface area contributed by atoms with Crippen molar-refractivity contribution in [3.63, 3.8) is 0 Å². The molecule has 1 aromatic carbocycles. The van der Waals surface area contributed by atoms with Gasteiger partial charge in [-0.3, -0.25) is 4.79 Å². The summed E-state index contributed by atoms with van der Waals surface area (Å²) in [5.41, 5.74) is 0.825. The summed E-state index contributed by atoms with van der Waals surface area (Å²) in [5.74, 6) is 4.21. The fraction of sp³-hybridized carbons (Fsp3) is 0.333. The summed E-state index contributed by atoms with van der Waals surface area (Å²) in [6.45, 7) is 3.22. The highest BCUT2D eigenvalue weighted by Crippen LogP contribution is 2.17. The summed E-state index contributed by atoms with van der Waals surface area (Å²) in [7, 11) is 0. The Kier molecular flexibility index (Phi) is 6.73. The molecule has 5 nitrogen and oxygen atoms in total. The predicted octanol–water partition coefficient (Wildman–Crippen LogP) is 1.37. The molecule has 112 valence electrons. The quantitative estimate of drug-likeness (QED) is 0.650. The molecule has 0 heterocycles. The minimum atomic E-state index is -0.745. The van der Waals surface area contributed by atoms with Gasteiger partial charge in [-0.15, -0.1) is 0 Å². The Bertz CT molecular complexity index is 589. The maximum atomic E-state index is 12.0. The Balaban J connectivity index is 2.80. The first kappa shape index (κ1) is 17.0. The highest BCUT2D eigenvalue weighted by molar-refractivity contribution is 6.32. The van der Waals surface area contributed by atoms with Crippen molar-refractivity contribution in [3.8, 4) is 11.8 Å². The molecule has 0 saturated heterocycles. The van der Waals surface area contributed by atoms with Crippen LogP contribution in [-0.4, -0.2) is 36.2 Å². The van der Waals surface area contributed by atoms with Gasteiger partial charge in [-0.05, 0) is 32.0 Å². The number of aliphatic hydroxyl groups excluding tert-OH is 1. The lowest BCUT2D eigenvalue weighted by atomic mass is 10.1. The summed E-state index contributed by atoms with van der Waals surface area (Å²) in [5, 5.41) is 11.5. The summed E-state index contributed by atoms with van der Waals surface area (Å²) < 4.78 is 4.81. The first-order valence-corrected chi connectivity index (χ1v) is 6.74. The van der Waals surface area contributed by atoms with Crippen molar-refractivity contribution in [3.05, 3.63) is 34.3 Å². The molecule has 1 amide bonds. The second kappa shape index (κ2) is 8.30. The van der Waals surface area contributed by atoms with Gasteiger partial charge in [0.15, 0.2) is 0 Å². The van der Waals surface area contributed by atoms with E-state index in [9.17, 15) is 9.59 Å². The maximum Gasteiger partial charge on any atom is 0.328 e. The number of hydrogen-bond donors (Lipinski definition) is 2. The Morgan fingerprint density at radius 3 is 2.76 bits per heavy atom. The number of hydrogen-bond acceptors (Lipinski definition) is 4. The van der Waals surface area contributed by atoms with Crippen LogP contribution in [0.2, 0.25) is 5.02 Å². The highest BCUT2D eigenvalue weighted by Gasteiger charge is 2.17. The van der Waals surface area contributed by atoms with Crippen LogP contribution in [0.4, 0.5) is 0 Å². The van der Waals surface area contributed by atoms with Crippen molar-refractivity contribution in [1.82, 2.24) is 5.32 Å². The number of benzene rings is 1. The van der Waals surface area contributed by atoms with Crippen LogP contribution in [-0.2, 0) is 9.53 Å². The lowest BCUT2D eigenvalue weighted by Crippen LogP contribution is -2.39. The van der Waals surface area contributed by atoms with Crippen LogP contribution in [0, 0.1) is 11.8 Å². The van der Waals surface area contributed by atoms with Crippen LogP contribution in [0.15, 0.2) is 18.2 Å².